The number of benzene rings is 11. The molecule has 0 fully saturated rings. The minimum atomic E-state index is -0.411. The monoisotopic (exact) mass is 744 g/mol. The van der Waals surface area contributed by atoms with Crippen LogP contribution in [0.2, 0.25) is 0 Å². The van der Waals surface area contributed by atoms with E-state index in [1.165, 1.54) is 121 Å². The van der Waals surface area contributed by atoms with E-state index in [-0.39, 0.29) is 0 Å². The standard InChI is InChI=1S/C59H36/c1-2-15-39(16-3-1)56-47-20-6-8-22-49(47)57(50-23-9-7-21-48(50)56)40-28-26-37(27-29-40)41-30-31-42-35-52-51-33-32-38-14-4-5-17-44(38)58(51)59(55(52)36-43(42)34-41)53-24-12-10-18-45(53)46-19-11-13-25-54(46)59/h1-36H. The third kappa shape index (κ3) is 4.43. The predicted octanol–water partition coefficient (Wildman–Crippen LogP) is 15.6. The van der Waals surface area contributed by atoms with Crippen LogP contribution in [0.4, 0.5) is 0 Å². The molecular formula is C59H36. The highest BCUT2D eigenvalue weighted by Crippen LogP contribution is 2.64. The molecule has 1 spiro atoms. The Morgan fingerprint density at radius 1 is 0.237 bits per heavy atom. The van der Waals surface area contributed by atoms with Crippen molar-refractivity contribution in [3.8, 4) is 55.6 Å². The molecule has 0 nitrogen and oxygen atoms in total. The molecule has 0 heteroatoms. The van der Waals surface area contributed by atoms with Gasteiger partial charge < -0.3 is 0 Å². The van der Waals surface area contributed by atoms with Crippen molar-refractivity contribution in [2.24, 2.45) is 0 Å². The van der Waals surface area contributed by atoms with Crippen molar-refractivity contribution >= 4 is 43.1 Å². The SMILES string of the molecule is c1ccc(-c2c3ccccc3c(-c3ccc(-c4ccc5cc6c(cc5c4)C4(c5ccccc5-c5ccccc54)c4c-6ccc5ccccc45)cc3)c3ccccc23)cc1. The summed E-state index contributed by atoms with van der Waals surface area (Å²) in [6.07, 6.45) is 0. The minimum Gasteiger partial charge on any atom is -0.0622 e. The second kappa shape index (κ2) is 12.2. The maximum absolute atomic E-state index is 2.52. The van der Waals surface area contributed by atoms with E-state index in [9.17, 15) is 0 Å². The Balaban J connectivity index is 0.987. The lowest BCUT2D eigenvalue weighted by molar-refractivity contribution is 0.802. The van der Waals surface area contributed by atoms with Crippen molar-refractivity contribution in [2.45, 2.75) is 5.41 Å². The van der Waals surface area contributed by atoms with E-state index in [2.05, 4.69) is 218 Å². The van der Waals surface area contributed by atoms with E-state index in [0.29, 0.717) is 0 Å². The van der Waals surface area contributed by atoms with Gasteiger partial charge in [-0.1, -0.05) is 200 Å². The molecule has 59 heavy (non-hydrogen) atoms. The fourth-order valence-corrected chi connectivity index (χ4v) is 11.0. The Kier molecular flexibility index (Phi) is 6.74. The Labute approximate surface area is 343 Å². The van der Waals surface area contributed by atoms with E-state index in [1.807, 2.05) is 0 Å². The van der Waals surface area contributed by atoms with Crippen LogP contribution >= 0.6 is 0 Å². The number of rotatable bonds is 3. The van der Waals surface area contributed by atoms with Crippen LogP contribution < -0.4 is 0 Å². The maximum Gasteiger partial charge on any atom is 0.0731 e. The largest absolute Gasteiger partial charge is 0.0731 e. The molecule has 2 aliphatic carbocycles. The van der Waals surface area contributed by atoms with Gasteiger partial charge in [-0.3, -0.25) is 0 Å². The fourth-order valence-electron chi connectivity index (χ4n) is 11.0. The Morgan fingerprint density at radius 3 is 1.37 bits per heavy atom. The molecule has 0 aromatic heterocycles. The van der Waals surface area contributed by atoms with Crippen molar-refractivity contribution in [3.63, 3.8) is 0 Å². The lowest BCUT2D eigenvalue weighted by Gasteiger charge is -2.31. The lowest BCUT2D eigenvalue weighted by atomic mass is 9.69. The molecule has 0 bridgehead atoms. The molecule has 272 valence electrons. The van der Waals surface area contributed by atoms with Crippen LogP contribution in [-0.4, -0.2) is 0 Å². The third-order valence-corrected chi connectivity index (χ3v) is 13.4. The predicted molar refractivity (Wildman–Crippen MR) is 249 cm³/mol. The van der Waals surface area contributed by atoms with Crippen LogP contribution in [-0.2, 0) is 5.41 Å². The zero-order valence-electron chi connectivity index (χ0n) is 32.3. The van der Waals surface area contributed by atoms with Crippen LogP contribution in [0.1, 0.15) is 22.3 Å². The molecule has 0 radical (unpaired) electrons. The summed E-state index contributed by atoms with van der Waals surface area (Å²) in [7, 11) is 0. The highest BCUT2D eigenvalue weighted by Gasteiger charge is 2.52. The van der Waals surface area contributed by atoms with Gasteiger partial charge in [-0.2, -0.15) is 0 Å². The van der Waals surface area contributed by atoms with E-state index in [4.69, 9.17) is 0 Å². The van der Waals surface area contributed by atoms with Gasteiger partial charge in [-0.25, -0.2) is 0 Å². The van der Waals surface area contributed by atoms with E-state index < -0.39 is 5.41 Å². The first kappa shape index (κ1) is 32.5. The van der Waals surface area contributed by atoms with Gasteiger partial charge in [0.2, 0.25) is 0 Å². The van der Waals surface area contributed by atoms with Crippen molar-refractivity contribution in [3.05, 3.63) is 241 Å². The summed E-state index contributed by atoms with van der Waals surface area (Å²) >= 11 is 0. The van der Waals surface area contributed by atoms with E-state index >= 15 is 0 Å². The number of hydrogen-bond donors (Lipinski definition) is 0. The quantitative estimate of drug-likeness (QED) is 0.158. The van der Waals surface area contributed by atoms with Crippen LogP contribution in [0.5, 0.6) is 0 Å². The van der Waals surface area contributed by atoms with Gasteiger partial charge in [0, 0.05) is 0 Å². The third-order valence-electron chi connectivity index (χ3n) is 13.4. The van der Waals surface area contributed by atoms with Gasteiger partial charge in [0.25, 0.3) is 0 Å². The van der Waals surface area contributed by atoms with Gasteiger partial charge in [0.15, 0.2) is 0 Å². The molecule has 0 atom stereocenters. The Morgan fingerprint density at radius 2 is 0.729 bits per heavy atom. The second-order valence-electron chi connectivity index (χ2n) is 16.3. The highest BCUT2D eigenvalue weighted by atomic mass is 14.5. The minimum absolute atomic E-state index is 0.411. The molecule has 0 saturated carbocycles. The molecule has 2 aliphatic rings. The van der Waals surface area contributed by atoms with Crippen molar-refractivity contribution in [1.82, 2.24) is 0 Å². The van der Waals surface area contributed by atoms with Crippen LogP contribution in [0.15, 0.2) is 218 Å². The molecule has 0 saturated heterocycles. The second-order valence-corrected chi connectivity index (χ2v) is 16.3. The summed E-state index contributed by atoms with van der Waals surface area (Å²) in [6.45, 7) is 0. The Bertz CT molecular complexity index is 3430. The molecule has 13 rings (SSSR count). The lowest BCUT2D eigenvalue weighted by Crippen LogP contribution is -2.26. The van der Waals surface area contributed by atoms with Crippen molar-refractivity contribution in [2.75, 3.05) is 0 Å². The van der Waals surface area contributed by atoms with Crippen LogP contribution in [0.3, 0.4) is 0 Å². The molecular weight excluding hydrogens is 709 g/mol. The molecule has 0 unspecified atom stereocenters. The maximum atomic E-state index is 2.52. The normalized spacial score (nSPS) is 13.2. The van der Waals surface area contributed by atoms with Crippen molar-refractivity contribution in [1.29, 1.82) is 0 Å². The van der Waals surface area contributed by atoms with Gasteiger partial charge in [-0.05, 0) is 139 Å². The molecule has 0 aliphatic heterocycles. The van der Waals surface area contributed by atoms with Crippen LogP contribution in [0, 0.1) is 0 Å². The van der Waals surface area contributed by atoms with Crippen molar-refractivity contribution < 1.29 is 0 Å². The first-order chi connectivity index (χ1) is 29.3. The molecule has 0 heterocycles. The topological polar surface area (TPSA) is 0 Å². The average Bonchev–Trinajstić information content (AvgIpc) is 3.77. The van der Waals surface area contributed by atoms with Gasteiger partial charge in [0.1, 0.15) is 0 Å². The van der Waals surface area contributed by atoms with Gasteiger partial charge in [0.05, 0.1) is 5.41 Å². The number of hydrogen-bond acceptors (Lipinski definition) is 0. The van der Waals surface area contributed by atoms with E-state index in [0.717, 1.165) is 0 Å². The van der Waals surface area contributed by atoms with Gasteiger partial charge in [-0.15, -0.1) is 0 Å². The smallest absolute Gasteiger partial charge is 0.0622 e. The Hall–Kier alpha value is -7.54. The molecule has 11 aromatic rings. The van der Waals surface area contributed by atoms with E-state index in [1.54, 1.807) is 0 Å². The van der Waals surface area contributed by atoms with Crippen LogP contribution in [0.25, 0.3) is 98.7 Å². The zero-order chi connectivity index (χ0) is 38.7. The average molecular weight is 745 g/mol. The molecule has 0 amide bonds. The molecule has 11 aromatic carbocycles. The zero-order valence-corrected chi connectivity index (χ0v) is 32.3. The summed E-state index contributed by atoms with van der Waals surface area (Å²) in [5.74, 6) is 0. The summed E-state index contributed by atoms with van der Waals surface area (Å²) in [5.41, 5.74) is 17.9. The summed E-state index contributed by atoms with van der Waals surface area (Å²) in [5, 5.41) is 10.2. The number of fused-ring (bicyclic) bond motifs is 15. The first-order valence-electron chi connectivity index (χ1n) is 20.7. The summed E-state index contributed by atoms with van der Waals surface area (Å²) < 4.78 is 0. The van der Waals surface area contributed by atoms with Gasteiger partial charge >= 0.3 is 0 Å². The highest BCUT2D eigenvalue weighted by molar-refractivity contribution is 6.21. The summed E-state index contributed by atoms with van der Waals surface area (Å²) in [4.78, 5) is 0. The first-order valence-corrected chi connectivity index (χ1v) is 20.7. The molecule has 0 N–H and O–H groups in total. The fraction of sp³-hybridized carbons (Fsp3) is 0.0169. The summed E-state index contributed by atoms with van der Waals surface area (Å²) in [6, 6.07) is 81.7.